The number of halogens is 1. The lowest BCUT2D eigenvalue weighted by molar-refractivity contribution is 0.597. The van der Waals surface area contributed by atoms with Gasteiger partial charge in [0.15, 0.2) is 0 Å². The quantitative estimate of drug-likeness (QED) is 0.935. The normalized spacial score (nSPS) is 12.7. The van der Waals surface area contributed by atoms with Crippen LogP contribution in [-0.4, -0.2) is 16.3 Å². The first kappa shape index (κ1) is 13.3. The molecule has 0 bridgehead atoms. The third-order valence-electron chi connectivity index (χ3n) is 2.95. The van der Waals surface area contributed by atoms with Gasteiger partial charge in [0, 0.05) is 16.7 Å². The third kappa shape index (κ3) is 2.82. The van der Waals surface area contributed by atoms with E-state index in [1.165, 1.54) is 5.56 Å². The average molecular weight is 308 g/mol. The summed E-state index contributed by atoms with van der Waals surface area (Å²) < 4.78 is 2.95. The maximum atomic E-state index is 4.42. The second-order valence-corrected chi connectivity index (χ2v) is 5.25. The van der Waals surface area contributed by atoms with Crippen molar-refractivity contribution >= 4 is 15.9 Å². The molecule has 0 aliphatic carbocycles. The first-order chi connectivity index (χ1) is 8.61. The Morgan fingerprint density at radius 2 is 2.17 bits per heavy atom. The second kappa shape index (κ2) is 5.67. The van der Waals surface area contributed by atoms with Crippen molar-refractivity contribution in [2.24, 2.45) is 0 Å². The molecule has 0 spiro atoms. The molecule has 3 nitrogen and oxygen atoms in total. The van der Waals surface area contributed by atoms with Crippen LogP contribution < -0.4 is 5.32 Å². The maximum absolute atomic E-state index is 4.42. The molecule has 0 saturated heterocycles. The molecule has 2 aromatic rings. The predicted octanol–water partition coefficient (Wildman–Crippen LogP) is 3.61. The Kier molecular flexibility index (Phi) is 4.19. The summed E-state index contributed by atoms with van der Waals surface area (Å²) in [5.41, 5.74) is 3.36. The Hall–Kier alpha value is -1.13. The molecule has 0 aliphatic rings. The molecule has 18 heavy (non-hydrogen) atoms. The Balaban J connectivity index is 2.30. The van der Waals surface area contributed by atoms with Gasteiger partial charge in [-0.1, -0.05) is 13.0 Å². The molecule has 96 valence electrons. The molecule has 1 heterocycles. The number of rotatable bonds is 4. The molecule has 1 N–H and O–H groups in total. The van der Waals surface area contributed by atoms with Gasteiger partial charge in [-0.15, -0.1) is 0 Å². The van der Waals surface area contributed by atoms with Crippen molar-refractivity contribution in [2.75, 3.05) is 6.54 Å². The zero-order valence-electron chi connectivity index (χ0n) is 10.9. The Morgan fingerprint density at radius 1 is 1.39 bits per heavy atom. The molecule has 1 unspecified atom stereocenters. The molecule has 0 saturated carbocycles. The maximum Gasteiger partial charge on any atom is 0.0787 e. The highest BCUT2D eigenvalue weighted by molar-refractivity contribution is 9.10. The lowest BCUT2D eigenvalue weighted by Crippen LogP contribution is -2.17. The van der Waals surface area contributed by atoms with Crippen LogP contribution in [0.25, 0.3) is 5.69 Å². The zero-order valence-corrected chi connectivity index (χ0v) is 12.5. The van der Waals surface area contributed by atoms with Crippen molar-refractivity contribution in [1.82, 2.24) is 15.1 Å². The molecule has 1 atom stereocenters. The van der Waals surface area contributed by atoms with Gasteiger partial charge in [0.05, 0.1) is 11.4 Å². The number of aromatic nitrogens is 2. The highest BCUT2D eigenvalue weighted by Crippen LogP contribution is 2.25. The molecule has 0 radical (unpaired) electrons. The van der Waals surface area contributed by atoms with E-state index in [1.807, 2.05) is 23.9 Å². The smallest absolute Gasteiger partial charge is 0.0787 e. The van der Waals surface area contributed by atoms with E-state index in [4.69, 9.17) is 0 Å². The van der Waals surface area contributed by atoms with E-state index >= 15 is 0 Å². The predicted molar refractivity (Wildman–Crippen MR) is 78.1 cm³/mol. The van der Waals surface area contributed by atoms with Crippen molar-refractivity contribution in [2.45, 2.75) is 26.8 Å². The highest BCUT2D eigenvalue weighted by Gasteiger charge is 2.08. The Bertz CT molecular complexity index is 534. The molecule has 0 amide bonds. The number of aryl methyl sites for hydroxylation is 1. The summed E-state index contributed by atoms with van der Waals surface area (Å²) in [5, 5.41) is 7.83. The molecule has 2 rings (SSSR count). The van der Waals surface area contributed by atoms with Gasteiger partial charge in [-0.3, -0.25) is 0 Å². The van der Waals surface area contributed by atoms with E-state index in [0.717, 1.165) is 22.4 Å². The summed E-state index contributed by atoms with van der Waals surface area (Å²) >= 11 is 3.62. The summed E-state index contributed by atoms with van der Waals surface area (Å²) in [6, 6.07) is 8.76. The van der Waals surface area contributed by atoms with E-state index in [2.05, 4.69) is 58.4 Å². The van der Waals surface area contributed by atoms with Gasteiger partial charge in [-0.25, -0.2) is 4.68 Å². The van der Waals surface area contributed by atoms with Gasteiger partial charge >= 0.3 is 0 Å². The molecule has 4 heteroatoms. The molecule has 1 aromatic carbocycles. The SMILES string of the molecule is CCNC(C)c1ccc(-n2ccc(C)n2)c(Br)c1. The van der Waals surface area contributed by atoms with Crippen LogP contribution in [0.1, 0.15) is 31.1 Å². The lowest BCUT2D eigenvalue weighted by atomic mass is 10.1. The first-order valence-corrected chi connectivity index (χ1v) is 6.96. The Labute approximate surface area is 116 Å². The lowest BCUT2D eigenvalue weighted by Gasteiger charge is -2.14. The molecule has 0 fully saturated rings. The second-order valence-electron chi connectivity index (χ2n) is 4.39. The van der Waals surface area contributed by atoms with Crippen molar-refractivity contribution in [3.8, 4) is 5.69 Å². The average Bonchev–Trinajstić information content (AvgIpc) is 2.76. The van der Waals surface area contributed by atoms with Gasteiger partial charge in [-0.2, -0.15) is 5.10 Å². The summed E-state index contributed by atoms with van der Waals surface area (Å²) in [4.78, 5) is 0. The number of benzene rings is 1. The van der Waals surface area contributed by atoms with Gasteiger partial charge in [0.1, 0.15) is 0 Å². The van der Waals surface area contributed by atoms with Crippen LogP contribution >= 0.6 is 15.9 Å². The minimum Gasteiger partial charge on any atom is -0.310 e. The van der Waals surface area contributed by atoms with E-state index < -0.39 is 0 Å². The van der Waals surface area contributed by atoms with Gasteiger partial charge in [0.2, 0.25) is 0 Å². The van der Waals surface area contributed by atoms with Crippen molar-refractivity contribution < 1.29 is 0 Å². The fraction of sp³-hybridized carbons (Fsp3) is 0.357. The van der Waals surface area contributed by atoms with Gasteiger partial charge in [-0.05, 0) is 60.1 Å². The van der Waals surface area contributed by atoms with Crippen LogP contribution in [0.3, 0.4) is 0 Å². The minimum atomic E-state index is 0.361. The largest absolute Gasteiger partial charge is 0.310 e. The monoisotopic (exact) mass is 307 g/mol. The van der Waals surface area contributed by atoms with Crippen LogP contribution in [0.5, 0.6) is 0 Å². The third-order valence-corrected chi connectivity index (χ3v) is 3.59. The topological polar surface area (TPSA) is 29.9 Å². The van der Waals surface area contributed by atoms with Crippen molar-refractivity contribution in [1.29, 1.82) is 0 Å². The van der Waals surface area contributed by atoms with E-state index in [0.29, 0.717) is 6.04 Å². The van der Waals surface area contributed by atoms with Gasteiger partial charge in [0.25, 0.3) is 0 Å². The number of hydrogen-bond donors (Lipinski definition) is 1. The molecular weight excluding hydrogens is 290 g/mol. The zero-order chi connectivity index (χ0) is 13.1. The molecular formula is C14H18BrN3. The van der Waals surface area contributed by atoms with E-state index in [1.54, 1.807) is 0 Å². The van der Waals surface area contributed by atoms with Crippen LogP contribution in [0.4, 0.5) is 0 Å². The Morgan fingerprint density at radius 3 is 2.72 bits per heavy atom. The van der Waals surface area contributed by atoms with E-state index in [-0.39, 0.29) is 0 Å². The fourth-order valence-electron chi connectivity index (χ4n) is 1.95. The minimum absolute atomic E-state index is 0.361. The summed E-state index contributed by atoms with van der Waals surface area (Å²) in [6.07, 6.45) is 1.98. The summed E-state index contributed by atoms with van der Waals surface area (Å²) in [7, 11) is 0. The molecule has 1 aromatic heterocycles. The first-order valence-electron chi connectivity index (χ1n) is 6.17. The van der Waals surface area contributed by atoms with Crippen LogP contribution in [0, 0.1) is 6.92 Å². The van der Waals surface area contributed by atoms with Crippen LogP contribution in [-0.2, 0) is 0 Å². The van der Waals surface area contributed by atoms with Crippen LogP contribution in [0.15, 0.2) is 34.9 Å². The van der Waals surface area contributed by atoms with Crippen LogP contribution in [0.2, 0.25) is 0 Å². The highest BCUT2D eigenvalue weighted by atomic mass is 79.9. The van der Waals surface area contributed by atoms with Crippen molar-refractivity contribution in [3.05, 3.63) is 46.2 Å². The molecule has 0 aliphatic heterocycles. The summed E-state index contributed by atoms with van der Waals surface area (Å²) in [6.45, 7) is 7.25. The number of nitrogens with one attached hydrogen (secondary N) is 1. The van der Waals surface area contributed by atoms with Gasteiger partial charge < -0.3 is 5.32 Å². The van der Waals surface area contributed by atoms with Crippen molar-refractivity contribution in [3.63, 3.8) is 0 Å². The summed E-state index contributed by atoms with van der Waals surface area (Å²) in [5.74, 6) is 0. The van der Waals surface area contributed by atoms with E-state index in [9.17, 15) is 0 Å². The number of hydrogen-bond acceptors (Lipinski definition) is 2. The standard InChI is InChI=1S/C14H18BrN3/c1-4-16-11(3)12-5-6-14(13(15)9-12)18-8-7-10(2)17-18/h5-9,11,16H,4H2,1-3H3. The number of nitrogens with zero attached hydrogens (tertiary/aromatic N) is 2. The fourth-order valence-corrected chi connectivity index (χ4v) is 2.53.